The number of methoxy groups -OCH3 is 1. The van der Waals surface area contributed by atoms with E-state index in [1.54, 1.807) is 7.11 Å². The average Bonchev–Trinajstić information content (AvgIpc) is 2.96. The van der Waals surface area contributed by atoms with Crippen molar-refractivity contribution in [3.63, 3.8) is 0 Å². The number of rotatable bonds is 2. The van der Waals surface area contributed by atoms with Crippen molar-refractivity contribution in [3.8, 4) is 17.1 Å². The van der Waals surface area contributed by atoms with Gasteiger partial charge in [-0.2, -0.15) is 5.21 Å². The molecule has 1 heterocycles. The Bertz CT molecular complexity index is 579. The smallest absolute Gasteiger partial charge is 0.208 e. The molecule has 1 aromatic carbocycles. The number of aryl methyl sites for hydroxylation is 1. The normalized spacial score (nSPS) is 22.1. The third-order valence-corrected chi connectivity index (χ3v) is 4.26. The fourth-order valence-electron chi connectivity index (χ4n) is 2.84. The molecule has 1 aromatic heterocycles. The van der Waals surface area contributed by atoms with Gasteiger partial charge in [0.2, 0.25) is 5.82 Å². The second-order valence-corrected chi connectivity index (χ2v) is 5.29. The van der Waals surface area contributed by atoms with Crippen LogP contribution in [0, 0.1) is 5.92 Å². The second-order valence-electron chi connectivity index (χ2n) is 5.29. The van der Waals surface area contributed by atoms with Crippen LogP contribution in [0.2, 0.25) is 0 Å². The van der Waals surface area contributed by atoms with Gasteiger partial charge in [-0.1, -0.05) is 13.8 Å². The molecule has 0 fully saturated rings. The largest absolute Gasteiger partial charge is 0.496 e. The molecule has 0 saturated heterocycles. The monoisotopic (exact) mass is 258 g/mol. The van der Waals surface area contributed by atoms with E-state index in [4.69, 9.17) is 4.74 Å². The van der Waals surface area contributed by atoms with E-state index in [2.05, 4.69) is 46.6 Å². The lowest BCUT2D eigenvalue weighted by Crippen LogP contribution is -2.16. The number of hydrogen-bond acceptors (Lipinski definition) is 4. The highest BCUT2D eigenvalue weighted by atomic mass is 16.5. The fraction of sp³-hybridized carbons (Fsp3) is 0.500. The van der Waals surface area contributed by atoms with Gasteiger partial charge < -0.3 is 4.74 Å². The minimum atomic E-state index is 0.567. The van der Waals surface area contributed by atoms with Gasteiger partial charge in [0.05, 0.1) is 12.7 Å². The molecule has 0 amide bonds. The molecule has 0 aliphatic heterocycles. The Kier molecular flexibility index (Phi) is 2.97. The summed E-state index contributed by atoms with van der Waals surface area (Å²) in [6.45, 7) is 4.60. The van der Waals surface area contributed by atoms with Crippen LogP contribution < -0.4 is 4.74 Å². The predicted octanol–water partition coefficient (Wildman–Crippen LogP) is 2.56. The molecule has 2 unspecified atom stereocenters. The summed E-state index contributed by atoms with van der Waals surface area (Å²) in [7, 11) is 1.68. The zero-order valence-corrected chi connectivity index (χ0v) is 11.5. The van der Waals surface area contributed by atoms with Crippen LogP contribution in [0.1, 0.15) is 37.3 Å². The van der Waals surface area contributed by atoms with Gasteiger partial charge in [0.25, 0.3) is 0 Å². The predicted molar refractivity (Wildman–Crippen MR) is 72.1 cm³/mol. The number of tetrazole rings is 1. The molecule has 5 nitrogen and oxygen atoms in total. The van der Waals surface area contributed by atoms with Crippen LogP contribution in [0.25, 0.3) is 11.4 Å². The van der Waals surface area contributed by atoms with E-state index in [9.17, 15) is 0 Å². The second kappa shape index (κ2) is 4.64. The number of nitrogens with zero attached hydrogens (tertiary/aromatic N) is 3. The molecule has 2 aromatic rings. The summed E-state index contributed by atoms with van der Waals surface area (Å²) >= 11 is 0. The van der Waals surface area contributed by atoms with E-state index in [-0.39, 0.29) is 0 Å². The highest BCUT2D eigenvalue weighted by Crippen LogP contribution is 2.40. The van der Waals surface area contributed by atoms with Crippen molar-refractivity contribution in [2.45, 2.75) is 32.6 Å². The molecule has 100 valence electrons. The quantitative estimate of drug-likeness (QED) is 0.899. The Morgan fingerprint density at radius 3 is 2.84 bits per heavy atom. The first-order chi connectivity index (χ1) is 9.20. The van der Waals surface area contributed by atoms with Crippen molar-refractivity contribution in [1.82, 2.24) is 20.6 Å². The van der Waals surface area contributed by atoms with Crippen molar-refractivity contribution < 1.29 is 4.74 Å². The molecule has 1 aliphatic rings. The summed E-state index contributed by atoms with van der Waals surface area (Å²) in [5.74, 6) is 2.69. The minimum Gasteiger partial charge on any atom is -0.496 e. The standard InChI is InChI=1S/C14H18N4O/c1-8-4-5-10-6-12(14-15-17-18-16-14)13(19-3)7-11(10)9(8)2/h6-9H,4-5H2,1-3H3,(H,15,16,17,18). The third-order valence-electron chi connectivity index (χ3n) is 4.26. The van der Waals surface area contributed by atoms with Gasteiger partial charge in [0.1, 0.15) is 5.75 Å². The van der Waals surface area contributed by atoms with Crippen LogP contribution in [0.15, 0.2) is 12.1 Å². The number of hydrogen-bond donors (Lipinski definition) is 1. The molecule has 3 rings (SSSR count). The molecule has 0 radical (unpaired) electrons. The minimum absolute atomic E-state index is 0.567. The SMILES string of the molecule is COc1cc2c(cc1-c1nn[nH]n1)CCC(C)C2C. The Morgan fingerprint density at radius 1 is 1.32 bits per heavy atom. The topological polar surface area (TPSA) is 63.7 Å². The van der Waals surface area contributed by atoms with E-state index < -0.39 is 0 Å². The number of H-pyrrole nitrogens is 1. The van der Waals surface area contributed by atoms with Gasteiger partial charge in [-0.05, 0) is 53.2 Å². The summed E-state index contributed by atoms with van der Waals surface area (Å²) in [6.07, 6.45) is 2.34. The van der Waals surface area contributed by atoms with Gasteiger partial charge >= 0.3 is 0 Å². The van der Waals surface area contributed by atoms with Crippen LogP contribution in [-0.4, -0.2) is 27.7 Å². The van der Waals surface area contributed by atoms with E-state index in [1.807, 2.05) is 0 Å². The zero-order valence-electron chi connectivity index (χ0n) is 11.5. The van der Waals surface area contributed by atoms with E-state index in [0.717, 1.165) is 17.7 Å². The van der Waals surface area contributed by atoms with Gasteiger partial charge in [-0.25, -0.2) is 0 Å². The van der Waals surface area contributed by atoms with Crippen molar-refractivity contribution in [3.05, 3.63) is 23.3 Å². The van der Waals surface area contributed by atoms with Crippen LogP contribution in [0.4, 0.5) is 0 Å². The first kappa shape index (κ1) is 12.1. The summed E-state index contributed by atoms with van der Waals surface area (Å²) < 4.78 is 5.50. The number of fused-ring (bicyclic) bond motifs is 1. The van der Waals surface area contributed by atoms with Crippen LogP contribution in [0.5, 0.6) is 5.75 Å². The highest BCUT2D eigenvalue weighted by Gasteiger charge is 2.25. The van der Waals surface area contributed by atoms with Crippen molar-refractivity contribution in [1.29, 1.82) is 0 Å². The Hall–Kier alpha value is -1.91. The fourth-order valence-corrected chi connectivity index (χ4v) is 2.84. The van der Waals surface area contributed by atoms with Crippen LogP contribution in [-0.2, 0) is 6.42 Å². The molecule has 2 atom stereocenters. The number of aromatic amines is 1. The maximum absolute atomic E-state index is 5.50. The third kappa shape index (κ3) is 1.99. The lowest BCUT2D eigenvalue weighted by molar-refractivity contribution is 0.404. The Labute approximate surface area is 112 Å². The number of aromatic nitrogens is 4. The maximum Gasteiger partial charge on any atom is 0.208 e. The van der Waals surface area contributed by atoms with Crippen LogP contribution >= 0.6 is 0 Å². The van der Waals surface area contributed by atoms with Gasteiger partial charge in [-0.15, -0.1) is 10.2 Å². The van der Waals surface area contributed by atoms with Crippen molar-refractivity contribution in [2.24, 2.45) is 5.92 Å². The summed E-state index contributed by atoms with van der Waals surface area (Å²) in [5, 5.41) is 14.2. The molecule has 1 N–H and O–H groups in total. The molecule has 0 bridgehead atoms. The van der Waals surface area contributed by atoms with Crippen LogP contribution in [0.3, 0.4) is 0 Å². The number of benzene rings is 1. The molecular weight excluding hydrogens is 240 g/mol. The van der Waals surface area contributed by atoms with Crippen molar-refractivity contribution in [2.75, 3.05) is 7.11 Å². The molecule has 5 heteroatoms. The van der Waals surface area contributed by atoms with Gasteiger partial charge in [-0.3, -0.25) is 0 Å². The average molecular weight is 258 g/mol. The maximum atomic E-state index is 5.50. The molecule has 0 spiro atoms. The van der Waals surface area contributed by atoms with E-state index in [1.165, 1.54) is 17.5 Å². The highest BCUT2D eigenvalue weighted by molar-refractivity contribution is 5.66. The summed E-state index contributed by atoms with van der Waals surface area (Å²) in [4.78, 5) is 0. The lowest BCUT2D eigenvalue weighted by Gasteiger charge is -2.29. The molecular formula is C14H18N4O. The first-order valence-corrected chi connectivity index (χ1v) is 6.65. The Balaban J connectivity index is 2.13. The zero-order chi connectivity index (χ0) is 13.4. The van der Waals surface area contributed by atoms with E-state index in [0.29, 0.717) is 17.7 Å². The number of ether oxygens (including phenoxy) is 1. The first-order valence-electron chi connectivity index (χ1n) is 6.65. The van der Waals surface area contributed by atoms with Gasteiger partial charge in [0, 0.05) is 0 Å². The lowest BCUT2D eigenvalue weighted by atomic mass is 9.76. The van der Waals surface area contributed by atoms with Crippen molar-refractivity contribution >= 4 is 0 Å². The summed E-state index contributed by atoms with van der Waals surface area (Å²) in [6, 6.07) is 4.29. The number of nitrogens with one attached hydrogen (secondary N) is 1. The van der Waals surface area contributed by atoms with E-state index >= 15 is 0 Å². The molecule has 19 heavy (non-hydrogen) atoms. The molecule has 0 saturated carbocycles. The van der Waals surface area contributed by atoms with Gasteiger partial charge in [0.15, 0.2) is 0 Å². The molecule has 1 aliphatic carbocycles. The Morgan fingerprint density at radius 2 is 2.16 bits per heavy atom. The summed E-state index contributed by atoms with van der Waals surface area (Å²) in [5.41, 5.74) is 3.69.